The van der Waals surface area contributed by atoms with E-state index in [4.69, 9.17) is 9.47 Å². The highest BCUT2D eigenvalue weighted by Gasteiger charge is 2.51. The molecule has 0 amide bonds. The predicted octanol–water partition coefficient (Wildman–Crippen LogP) is 8.91. The summed E-state index contributed by atoms with van der Waals surface area (Å²) in [5.74, 6) is -7.18. The average Bonchev–Trinajstić information content (AvgIpc) is 2.92. The zero-order chi connectivity index (χ0) is 28.7. The molecule has 0 unspecified atom stereocenters. The highest BCUT2D eigenvalue weighted by molar-refractivity contribution is 5.65. The lowest BCUT2D eigenvalue weighted by atomic mass is 9.73. The fraction of sp³-hybridized carbons (Fsp3) is 0.419. The van der Waals surface area contributed by atoms with Crippen molar-refractivity contribution in [2.75, 3.05) is 13.2 Å². The molecular formula is C31H30F6O3. The Morgan fingerprint density at radius 1 is 0.800 bits per heavy atom. The molecule has 3 fully saturated rings. The summed E-state index contributed by atoms with van der Waals surface area (Å²) in [6, 6.07) is 9.30. The van der Waals surface area contributed by atoms with E-state index in [-0.39, 0.29) is 11.0 Å². The second kappa shape index (κ2) is 10.7. The first-order valence-electron chi connectivity index (χ1n) is 13.4. The third kappa shape index (κ3) is 5.33. The maximum atomic E-state index is 14.9. The Hall–Kier alpha value is -3.04. The van der Waals surface area contributed by atoms with E-state index in [1.165, 1.54) is 6.42 Å². The van der Waals surface area contributed by atoms with Crippen LogP contribution in [0.2, 0.25) is 0 Å². The van der Waals surface area contributed by atoms with Crippen molar-refractivity contribution < 1.29 is 40.6 Å². The molecule has 6 rings (SSSR count). The molecule has 2 bridgehead atoms. The first-order valence-corrected chi connectivity index (χ1v) is 13.4. The Bertz CT molecular complexity index is 1320. The minimum Gasteiger partial charge on any atom is -0.429 e. The minimum atomic E-state index is -4.54. The zero-order valence-corrected chi connectivity index (χ0v) is 22.3. The van der Waals surface area contributed by atoms with Gasteiger partial charge in [0.1, 0.15) is 34.6 Å². The Balaban J connectivity index is 1.33. The molecule has 3 aromatic carbocycles. The molecule has 3 saturated heterocycles. The SMILES string of the molecule is CCCCCC12CCC(c3ccc(-c4cc(F)c(C(F)(F)Oc5cc(F)c(C)c(F)c5)c(F)c4)cc3)(OC1)OC2. The summed E-state index contributed by atoms with van der Waals surface area (Å²) >= 11 is 0. The van der Waals surface area contributed by atoms with Crippen molar-refractivity contribution >= 4 is 0 Å². The highest BCUT2D eigenvalue weighted by atomic mass is 19.3. The van der Waals surface area contributed by atoms with E-state index in [0.717, 1.165) is 50.3 Å². The number of hydrogen-bond donors (Lipinski definition) is 0. The molecule has 0 atom stereocenters. The number of alkyl halides is 2. The van der Waals surface area contributed by atoms with E-state index in [2.05, 4.69) is 11.7 Å². The molecule has 0 N–H and O–H groups in total. The van der Waals surface area contributed by atoms with E-state index in [1.54, 1.807) is 24.3 Å². The van der Waals surface area contributed by atoms with Crippen LogP contribution in [0.1, 0.15) is 62.1 Å². The monoisotopic (exact) mass is 564 g/mol. The van der Waals surface area contributed by atoms with Gasteiger partial charge in [-0.2, -0.15) is 8.78 Å². The molecule has 3 nitrogen and oxygen atoms in total. The van der Waals surface area contributed by atoms with Gasteiger partial charge in [0.2, 0.25) is 0 Å². The van der Waals surface area contributed by atoms with Gasteiger partial charge < -0.3 is 14.2 Å². The van der Waals surface area contributed by atoms with Crippen LogP contribution in [-0.2, 0) is 21.4 Å². The van der Waals surface area contributed by atoms with Crippen molar-refractivity contribution in [3.05, 3.63) is 88.5 Å². The quantitative estimate of drug-likeness (QED) is 0.192. The summed E-state index contributed by atoms with van der Waals surface area (Å²) in [6.07, 6.45) is 1.66. The number of halogens is 6. The smallest absolute Gasteiger partial charge is 0.429 e. The summed E-state index contributed by atoms with van der Waals surface area (Å²) in [4.78, 5) is 0. The van der Waals surface area contributed by atoms with Gasteiger partial charge in [-0.15, -0.1) is 0 Å². The van der Waals surface area contributed by atoms with E-state index < -0.39 is 52.0 Å². The molecule has 3 aliphatic rings. The Morgan fingerprint density at radius 2 is 1.40 bits per heavy atom. The second-order valence-corrected chi connectivity index (χ2v) is 10.8. The second-order valence-electron chi connectivity index (χ2n) is 10.8. The summed E-state index contributed by atoms with van der Waals surface area (Å²) in [7, 11) is 0. The van der Waals surface area contributed by atoms with Crippen LogP contribution in [0, 0.1) is 35.6 Å². The molecule has 9 heteroatoms. The zero-order valence-electron chi connectivity index (χ0n) is 22.3. The van der Waals surface area contributed by atoms with Crippen LogP contribution in [0.25, 0.3) is 11.1 Å². The number of unbranched alkanes of at least 4 members (excludes halogenated alkanes) is 2. The Labute approximate surface area is 229 Å². The maximum Gasteiger partial charge on any atom is 0.432 e. The summed E-state index contributed by atoms with van der Waals surface area (Å²) in [5.41, 5.74) is -0.841. The van der Waals surface area contributed by atoms with Crippen LogP contribution in [0.3, 0.4) is 0 Å². The molecular weight excluding hydrogens is 534 g/mol. The average molecular weight is 565 g/mol. The van der Waals surface area contributed by atoms with Crippen LogP contribution in [0.5, 0.6) is 5.75 Å². The molecule has 214 valence electrons. The van der Waals surface area contributed by atoms with Crippen molar-refractivity contribution in [2.24, 2.45) is 5.41 Å². The van der Waals surface area contributed by atoms with Crippen LogP contribution < -0.4 is 4.74 Å². The summed E-state index contributed by atoms with van der Waals surface area (Å²) in [5, 5.41) is 0. The number of hydrogen-bond acceptors (Lipinski definition) is 3. The Kier molecular flexibility index (Phi) is 7.65. The van der Waals surface area contributed by atoms with Crippen LogP contribution in [0.15, 0.2) is 48.5 Å². The van der Waals surface area contributed by atoms with Gasteiger partial charge in [0.15, 0.2) is 5.79 Å². The lowest BCUT2D eigenvalue weighted by Crippen LogP contribution is -2.53. The standard InChI is InChI=1S/C31H30F6O3/c1-3-4-5-10-29-11-12-30(38-17-29,39-18-29)22-8-6-20(7-9-22)21-13-26(34)28(27(35)14-21)31(36,37)40-23-15-24(32)19(2)25(33)16-23/h6-9,13-16H,3-5,10-12,17-18H2,1-2H3. The largest absolute Gasteiger partial charge is 0.432 e. The Morgan fingerprint density at radius 3 is 1.93 bits per heavy atom. The summed E-state index contributed by atoms with van der Waals surface area (Å²) in [6.45, 7) is 4.49. The number of fused-ring (bicyclic) bond motifs is 3. The van der Waals surface area contributed by atoms with Crippen LogP contribution in [0.4, 0.5) is 26.3 Å². The first-order chi connectivity index (χ1) is 19.0. The molecule has 40 heavy (non-hydrogen) atoms. The van der Waals surface area contributed by atoms with Crippen molar-refractivity contribution in [3.63, 3.8) is 0 Å². The van der Waals surface area contributed by atoms with Gasteiger partial charge in [0, 0.05) is 35.1 Å². The van der Waals surface area contributed by atoms with Gasteiger partial charge in [-0.1, -0.05) is 50.5 Å². The topological polar surface area (TPSA) is 27.7 Å². The molecule has 3 aromatic rings. The molecule has 3 aliphatic heterocycles. The van der Waals surface area contributed by atoms with Gasteiger partial charge >= 0.3 is 6.11 Å². The molecule has 0 spiro atoms. The van der Waals surface area contributed by atoms with E-state index in [1.807, 2.05) is 0 Å². The fourth-order valence-corrected chi connectivity index (χ4v) is 5.49. The fourth-order valence-electron chi connectivity index (χ4n) is 5.49. The van der Waals surface area contributed by atoms with Gasteiger partial charge in [0.25, 0.3) is 0 Å². The number of benzene rings is 3. The lowest BCUT2D eigenvalue weighted by molar-refractivity contribution is -0.351. The van der Waals surface area contributed by atoms with Crippen molar-refractivity contribution in [3.8, 4) is 16.9 Å². The number of rotatable bonds is 9. The molecule has 0 aromatic heterocycles. The first kappa shape index (κ1) is 28.5. The normalized spacial score (nSPS) is 22.5. The van der Waals surface area contributed by atoms with E-state index in [9.17, 15) is 26.3 Å². The van der Waals surface area contributed by atoms with Gasteiger partial charge in [-0.25, -0.2) is 17.6 Å². The van der Waals surface area contributed by atoms with Gasteiger partial charge in [0.05, 0.1) is 13.2 Å². The van der Waals surface area contributed by atoms with Crippen LogP contribution >= 0.6 is 0 Å². The van der Waals surface area contributed by atoms with Crippen molar-refractivity contribution in [1.29, 1.82) is 0 Å². The maximum absolute atomic E-state index is 14.9. The van der Waals surface area contributed by atoms with Gasteiger partial charge in [-0.05, 0) is 43.0 Å². The van der Waals surface area contributed by atoms with Crippen molar-refractivity contribution in [2.45, 2.75) is 64.3 Å². The van der Waals surface area contributed by atoms with E-state index in [0.29, 0.717) is 37.3 Å². The number of ether oxygens (including phenoxy) is 3. The third-order valence-corrected chi connectivity index (χ3v) is 8.01. The summed E-state index contributed by atoms with van der Waals surface area (Å²) < 4.78 is 103. The molecule has 0 saturated carbocycles. The highest BCUT2D eigenvalue weighted by Crippen LogP contribution is 2.51. The predicted molar refractivity (Wildman–Crippen MR) is 137 cm³/mol. The molecule has 0 radical (unpaired) electrons. The minimum absolute atomic E-state index is 0.0232. The van der Waals surface area contributed by atoms with Gasteiger partial charge in [-0.3, -0.25) is 0 Å². The molecule has 3 heterocycles. The van der Waals surface area contributed by atoms with Crippen LogP contribution in [-0.4, -0.2) is 13.2 Å². The van der Waals surface area contributed by atoms with E-state index >= 15 is 0 Å². The lowest BCUT2D eigenvalue weighted by Gasteiger charge is -2.53. The van der Waals surface area contributed by atoms with Crippen molar-refractivity contribution in [1.82, 2.24) is 0 Å². The molecule has 0 aliphatic carbocycles. The third-order valence-electron chi connectivity index (χ3n) is 8.01.